The summed E-state index contributed by atoms with van der Waals surface area (Å²) in [5, 5.41) is 4.15. The Balaban J connectivity index is 1.56. The van der Waals surface area contributed by atoms with Crippen LogP contribution in [-0.2, 0) is 33.7 Å². The molecule has 0 radical (unpaired) electrons. The monoisotopic (exact) mass is 511 g/mol. The Hall–Kier alpha value is -3.90. The van der Waals surface area contributed by atoms with Crippen LogP contribution in [0.2, 0.25) is 0 Å². The predicted octanol–water partition coefficient (Wildman–Crippen LogP) is 5.31. The summed E-state index contributed by atoms with van der Waals surface area (Å²) in [6.45, 7) is 3.69. The molecule has 4 rings (SSSR count). The molecule has 3 aromatic carbocycles. The van der Waals surface area contributed by atoms with E-state index in [-0.39, 0.29) is 18.2 Å². The summed E-state index contributed by atoms with van der Waals surface area (Å²) < 4.78 is 7.50. The summed E-state index contributed by atoms with van der Waals surface area (Å²) >= 11 is 0. The topological polar surface area (TPSA) is 63.6 Å². The van der Waals surface area contributed by atoms with Crippen LogP contribution >= 0.6 is 0 Å². The second-order valence-electron chi connectivity index (χ2n) is 9.65. The Labute approximate surface area is 225 Å². The van der Waals surface area contributed by atoms with Gasteiger partial charge in [0, 0.05) is 56.0 Å². The standard InChI is InChI=1S/C32H37N3O3/c1-24-28(27-18-10-11-19-30(27)35(24)20-12-13-21-38-3)23-31(36)33-29(22-25-14-6-4-7-15-25)32(37)34(2)26-16-8-5-9-17-26/h4-11,14-19,29H,12-13,20-23H2,1-3H3,(H,33,36)/t29-/m0/s1. The average Bonchev–Trinajstić information content (AvgIpc) is 3.21. The van der Waals surface area contributed by atoms with Crippen LogP contribution in [0.25, 0.3) is 10.9 Å². The van der Waals surface area contributed by atoms with Gasteiger partial charge >= 0.3 is 0 Å². The third-order valence-corrected chi connectivity index (χ3v) is 7.07. The van der Waals surface area contributed by atoms with Crippen molar-refractivity contribution in [3.63, 3.8) is 0 Å². The Morgan fingerprint density at radius 1 is 0.921 bits per heavy atom. The Morgan fingerprint density at radius 2 is 1.58 bits per heavy atom. The minimum Gasteiger partial charge on any atom is -0.385 e. The molecular weight excluding hydrogens is 474 g/mol. The summed E-state index contributed by atoms with van der Waals surface area (Å²) in [4.78, 5) is 28.7. The lowest BCUT2D eigenvalue weighted by Crippen LogP contribution is -2.49. The Morgan fingerprint density at radius 3 is 2.29 bits per heavy atom. The lowest BCUT2D eigenvalue weighted by atomic mass is 10.0. The fraction of sp³-hybridized carbons (Fsp3) is 0.312. The fourth-order valence-electron chi connectivity index (χ4n) is 5.00. The number of carbonyl (C=O) groups excluding carboxylic acids is 2. The molecule has 1 heterocycles. The number of anilines is 1. The number of hydrogen-bond acceptors (Lipinski definition) is 3. The fourth-order valence-corrected chi connectivity index (χ4v) is 5.00. The number of para-hydroxylation sites is 2. The van der Waals surface area contributed by atoms with Gasteiger partial charge in [-0.2, -0.15) is 0 Å². The van der Waals surface area contributed by atoms with E-state index in [0.717, 1.165) is 59.4 Å². The first-order valence-corrected chi connectivity index (χ1v) is 13.2. The van der Waals surface area contributed by atoms with Crippen LogP contribution in [0.5, 0.6) is 0 Å². The van der Waals surface area contributed by atoms with Crippen molar-refractivity contribution in [1.29, 1.82) is 0 Å². The number of amides is 2. The van der Waals surface area contributed by atoms with Gasteiger partial charge in [0.2, 0.25) is 11.8 Å². The maximum Gasteiger partial charge on any atom is 0.249 e. The first-order valence-electron chi connectivity index (χ1n) is 13.2. The zero-order chi connectivity index (χ0) is 26.9. The average molecular weight is 512 g/mol. The van der Waals surface area contributed by atoms with Gasteiger partial charge in [0.25, 0.3) is 0 Å². The molecule has 0 saturated heterocycles. The number of nitrogens with zero attached hydrogens (tertiary/aromatic N) is 2. The van der Waals surface area contributed by atoms with Crippen LogP contribution in [0.4, 0.5) is 5.69 Å². The molecule has 6 nitrogen and oxygen atoms in total. The van der Waals surface area contributed by atoms with E-state index >= 15 is 0 Å². The van der Waals surface area contributed by atoms with E-state index in [1.54, 1.807) is 19.1 Å². The van der Waals surface area contributed by atoms with Gasteiger partial charge in [-0.1, -0.05) is 66.7 Å². The van der Waals surface area contributed by atoms with Gasteiger partial charge in [-0.25, -0.2) is 0 Å². The van der Waals surface area contributed by atoms with Gasteiger partial charge in [-0.05, 0) is 49.1 Å². The van der Waals surface area contributed by atoms with Gasteiger partial charge in [-0.3, -0.25) is 9.59 Å². The molecule has 4 aromatic rings. The molecule has 0 unspecified atom stereocenters. The smallest absolute Gasteiger partial charge is 0.249 e. The number of carbonyl (C=O) groups is 2. The maximum absolute atomic E-state index is 13.6. The zero-order valence-electron chi connectivity index (χ0n) is 22.5. The molecule has 0 aliphatic heterocycles. The number of ether oxygens (including phenoxy) is 1. The largest absolute Gasteiger partial charge is 0.385 e. The zero-order valence-corrected chi connectivity index (χ0v) is 22.5. The van der Waals surface area contributed by atoms with Crippen LogP contribution in [0.15, 0.2) is 84.9 Å². The first kappa shape index (κ1) is 27.1. The third kappa shape index (κ3) is 6.50. The third-order valence-electron chi connectivity index (χ3n) is 7.07. The van der Waals surface area contributed by atoms with E-state index in [0.29, 0.717) is 6.42 Å². The Bertz CT molecular complexity index is 1350. The molecule has 1 aromatic heterocycles. The number of benzene rings is 3. The minimum absolute atomic E-state index is 0.148. The second kappa shape index (κ2) is 13.1. The molecule has 0 fully saturated rings. The van der Waals surface area contributed by atoms with E-state index < -0.39 is 6.04 Å². The lowest BCUT2D eigenvalue weighted by molar-refractivity contribution is -0.127. The number of unbranched alkanes of at least 4 members (excludes halogenated alkanes) is 1. The van der Waals surface area contributed by atoms with Crippen molar-refractivity contribution >= 4 is 28.4 Å². The van der Waals surface area contributed by atoms with Crippen molar-refractivity contribution in [1.82, 2.24) is 9.88 Å². The highest BCUT2D eigenvalue weighted by molar-refractivity contribution is 5.99. The van der Waals surface area contributed by atoms with Crippen LogP contribution in [-0.4, -0.2) is 43.2 Å². The number of methoxy groups -OCH3 is 1. The molecular formula is C32H37N3O3. The molecule has 0 bridgehead atoms. The van der Waals surface area contributed by atoms with E-state index in [1.807, 2.05) is 72.8 Å². The van der Waals surface area contributed by atoms with E-state index in [1.165, 1.54) is 0 Å². The Kier molecular flexibility index (Phi) is 9.33. The highest BCUT2D eigenvalue weighted by Gasteiger charge is 2.26. The highest BCUT2D eigenvalue weighted by atomic mass is 16.5. The van der Waals surface area contributed by atoms with Crippen LogP contribution < -0.4 is 10.2 Å². The number of nitrogens with one attached hydrogen (secondary N) is 1. The predicted molar refractivity (Wildman–Crippen MR) is 153 cm³/mol. The molecule has 1 atom stereocenters. The van der Waals surface area contributed by atoms with Gasteiger partial charge in [0.05, 0.1) is 6.42 Å². The summed E-state index contributed by atoms with van der Waals surface area (Å²) in [5.41, 5.74) is 5.01. The molecule has 0 spiro atoms. The number of likely N-dealkylation sites (N-methyl/N-ethyl adjacent to an activating group) is 1. The molecule has 1 N–H and O–H groups in total. The van der Waals surface area contributed by atoms with Crippen molar-refractivity contribution in [3.8, 4) is 0 Å². The van der Waals surface area contributed by atoms with Crippen LogP contribution in [0.3, 0.4) is 0 Å². The molecule has 6 heteroatoms. The molecule has 198 valence electrons. The summed E-state index contributed by atoms with van der Waals surface area (Å²) in [5.74, 6) is -0.308. The molecule has 2 amide bonds. The van der Waals surface area contributed by atoms with E-state index in [2.05, 4.69) is 28.9 Å². The lowest BCUT2D eigenvalue weighted by Gasteiger charge is -2.25. The van der Waals surface area contributed by atoms with Gasteiger partial charge in [-0.15, -0.1) is 0 Å². The van der Waals surface area contributed by atoms with Crippen LogP contribution in [0, 0.1) is 6.92 Å². The van der Waals surface area contributed by atoms with E-state index in [4.69, 9.17) is 4.74 Å². The number of rotatable bonds is 12. The number of hydrogen-bond donors (Lipinski definition) is 1. The highest BCUT2D eigenvalue weighted by Crippen LogP contribution is 2.27. The van der Waals surface area contributed by atoms with Crippen molar-refractivity contribution in [3.05, 3.63) is 102 Å². The summed E-state index contributed by atoms with van der Waals surface area (Å²) in [7, 11) is 3.48. The normalized spacial score (nSPS) is 11.9. The van der Waals surface area contributed by atoms with Crippen LogP contribution in [0.1, 0.15) is 29.7 Å². The van der Waals surface area contributed by atoms with Gasteiger partial charge in [0.1, 0.15) is 6.04 Å². The van der Waals surface area contributed by atoms with Crippen molar-refractivity contribution < 1.29 is 14.3 Å². The summed E-state index contributed by atoms with van der Waals surface area (Å²) in [6, 6.07) is 26.9. The summed E-state index contributed by atoms with van der Waals surface area (Å²) in [6.07, 6.45) is 2.61. The minimum atomic E-state index is -0.683. The molecule has 0 saturated carbocycles. The number of aryl methyl sites for hydroxylation is 1. The second-order valence-corrected chi connectivity index (χ2v) is 9.65. The SMILES string of the molecule is COCCCCn1c(C)c(CC(=O)N[C@@H](Cc2ccccc2)C(=O)N(C)c2ccccc2)c2ccccc21. The van der Waals surface area contributed by atoms with Gasteiger partial charge < -0.3 is 19.5 Å². The maximum atomic E-state index is 13.6. The molecule has 0 aliphatic carbocycles. The van der Waals surface area contributed by atoms with Crippen molar-refractivity contribution in [2.75, 3.05) is 25.7 Å². The van der Waals surface area contributed by atoms with Crippen molar-refractivity contribution in [2.45, 2.75) is 45.2 Å². The first-order chi connectivity index (χ1) is 18.5. The number of aromatic nitrogens is 1. The molecule has 38 heavy (non-hydrogen) atoms. The number of fused-ring (bicyclic) bond motifs is 1. The van der Waals surface area contributed by atoms with Crippen molar-refractivity contribution in [2.24, 2.45) is 0 Å². The quantitative estimate of drug-likeness (QED) is 0.262. The van der Waals surface area contributed by atoms with Gasteiger partial charge in [0.15, 0.2) is 0 Å². The van der Waals surface area contributed by atoms with E-state index in [9.17, 15) is 9.59 Å². The molecule has 0 aliphatic rings.